The van der Waals surface area contributed by atoms with E-state index in [0.717, 1.165) is 26.2 Å². The van der Waals surface area contributed by atoms with Crippen LogP contribution in [0.4, 0.5) is 10.1 Å². The fourth-order valence-electron chi connectivity index (χ4n) is 3.23. The number of benzene rings is 1. The minimum Gasteiger partial charge on any atom is -0.461 e. The summed E-state index contributed by atoms with van der Waals surface area (Å²) in [6, 6.07) is 10.6. The number of piperazine rings is 1. The summed E-state index contributed by atoms with van der Waals surface area (Å²) in [5, 5.41) is 4.60. The van der Waals surface area contributed by atoms with E-state index in [4.69, 9.17) is 16.6 Å². The zero-order valence-corrected chi connectivity index (χ0v) is 15.3. The minimum absolute atomic E-state index is 0.170. The zero-order chi connectivity index (χ0) is 18.1. The van der Waals surface area contributed by atoms with E-state index < -0.39 is 0 Å². The van der Waals surface area contributed by atoms with Gasteiger partial charge in [-0.2, -0.15) is 0 Å². The summed E-state index contributed by atoms with van der Waals surface area (Å²) in [7, 11) is 1.89. The number of para-hydroxylation sites is 1. The molecule has 0 radical (unpaired) electrons. The lowest BCUT2D eigenvalue weighted by Crippen LogP contribution is -2.47. The summed E-state index contributed by atoms with van der Waals surface area (Å²) in [5.74, 6) is 1.24. The van der Waals surface area contributed by atoms with Crippen LogP contribution in [0.3, 0.4) is 0 Å². The molecule has 1 aliphatic heterocycles. The van der Waals surface area contributed by atoms with Crippen molar-refractivity contribution < 1.29 is 8.81 Å². The number of furan rings is 1. The van der Waals surface area contributed by atoms with Gasteiger partial charge in [0.2, 0.25) is 0 Å². The van der Waals surface area contributed by atoms with Gasteiger partial charge in [0, 0.05) is 33.2 Å². The summed E-state index contributed by atoms with van der Waals surface area (Å²) in [4.78, 5) is 4.35. The van der Waals surface area contributed by atoms with Gasteiger partial charge in [-0.3, -0.25) is 4.90 Å². The van der Waals surface area contributed by atoms with Crippen molar-refractivity contribution in [1.29, 1.82) is 0 Å². The van der Waals surface area contributed by atoms with Gasteiger partial charge in [-0.25, -0.2) is 9.07 Å². The second-order valence-corrected chi connectivity index (χ2v) is 6.71. The molecule has 0 spiro atoms. The van der Waals surface area contributed by atoms with Gasteiger partial charge >= 0.3 is 0 Å². The highest BCUT2D eigenvalue weighted by atomic mass is 32.1. The molecule has 6 nitrogen and oxygen atoms in total. The molecule has 0 aliphatic carbocycles. The lowest BCUT2D eigenvalue weighted by Gasteiger charge is -2.35. The first-order valence-corrected chi connectivity index (χ1v) is 8.94. The quantitative estimate of drug-likeness (QED) is 0.658. The minimum atomic E-state index is -0.170. The van der Waals surface area contributed by atoms with Crippen LogP contribution in [0.5, 0.6) is 0 Å². The van der Waals surface area contributed by atoms with Crippen molar-refractivity contribution in [2.24, 2.45) is 7.05 Å². The fraction of sp³-hybridized carbons (Fsp3) is 0.333. The van der Waals surface area contributed by atoms with Crippen molar-refractivity contribution in [3.8, 4) is 11.6 Å². The lowest BCUT2D eigenvalue weighted by atomic mass is 10.2. The maximum Gasteiger partial charge on any atom is 0.199 e. The van der Waals surface area contributed by atoms with Gasteiger partial charge in [0.05, 0.1) is 18.6 Å². The third-order valence-electron chi connectivity index (χ3n) is 4.68. The highest BCUT2D eigenvalue weighted by Gasteiger charge is 2.21. The lowest BCUT2D eigenvalue weighted by molar-refractivity contribution is 0.194. The zero-order valence-electron chi connectivity index (χ0n) is 14.5. The SMILES string of the molecule is Cn1c(-c2ccco2)nn(CN2CCN(c3ccccc3F)CC2)c1=S. The summed E-state index contributed by atoms with van der Waals surface area (Å²) in [6.45, 7) is 3.79. The molecule has 3 aromatic rings. The van der Waals surface area contributed by atoms with Crippen LogP contribution in [-0.4, -0.2) is 45.4 Å². The molecule has 2 aromatic heterocycles. The number of rotatable bonds is 4. The average Bonchev–Trinajstić information content (AvgIpc) is 3.27. The molecule has 1 aliphatic rings. The molecule has 4 rings (SSSR count). The normalized spacial score (nSPS) is 15.5. The number of halogens is 1. The molecule has 3 heterocycles. The van der Waals surface area contributed by atoms with Gasteiger partial charge in [-0.05, 0) is 36.5 Å². The second-order valence-electron chi connectivity index (χ2n) is 6.34. The van der Waals surface area contributed by atoms with E-state index in [1.807, 2.05) is 40.6 Å². The molecule has 8 heteroatoms. The molecule has 0 unspecified atom stereocenters. The van der Waals surface area contributed by atoms with Crippen LogP contribution in [0.25, 0.3) is 11.6 Å². The highest BCUT2D eigenvalue weighted by Crippen LogP contribution is 2.21. The molecule has 1 fully saturated rings. The Labute approximate surface area is 156 Å². The van der Waals surface area contributed by atoms with Crippen LogP contribution < -0.4 is 4.90 Å². The van der Waals surface area contributed by atoms with E-state index in [-0.39, 0.29) is 5.82 Å². The maximum absolute atomic E-state index is 14.0. The van der Waals surface area contributed by atoms with Gasteiger partial charge in [0.15, 0.2) is 16.4 Å². The van der Waals surface area contributed by atoms with Crippen molar-refractivity contribution in [3.63, 3.8) is 0 Å². The smallest absolute Gasteiger partial charge is 0.199 e. The Balaban J connectivity index is 1.45. The van der Waals surface area contributed by atoms with Crippen molar-refractivity contribution in [1.82, 2.24) is 19.2 Å². The van der Waals surface area contributed by atoms with E-state index in [1.54, 1.807) is 12.3 Å². The summed E-state index contributed by atoms with van der Waals surface area (Å²) in [5.41, 5.74) is 0.668. The summed E-state index contributed by atoms with van der Waals surface area (Å²) < 4.78 is 23.7. The van der Waals surface area contributed by atoms with Crippen LogP contribution >= 0.6 is 12.2 Å². The maximum atomic E-state index is 14.0. The molecular weight excluding hydrogens is 353 g/mol. The molecule has 0 bridgehead atoms. The first-order valence-electron chi connectivity index (χ1n) is 8.53. The van der Waals surface area contributed by atoms with Crippen LogP contribution in [0.1, 0.15) is 0 Å². The summed E-state index contributed by atoms with van der Waals surface area (Å²) in [6.07, 6.45) is 1.62. The largest absolute Gasteiger partial charge is 0.461 e. The van der Waals surface area contributed by atoms with Gasteiger partial charge in [-0.1, -0.05) is 12.1 Å². The fourth-order valence-corrected chi connectivity index (χ4v) is 3.41. The predicted molar refractivity (Wildman–Crippen MR) is 99.9 cm³/mol. The van der Waals surface area contributed by atoms with E-state index in [9.17, 15) is 4.39 Å². The van der Waals surface area contributed by atoms with Crippen molar-refractivity contribution in [2.45, 2.75) is 6.67 Å². The molecule has 0 saturated carbocycles. The first-order chi connectivity index (χ1) is 12.6. The molecule has 136 valence electrons. The number of hydrogen-bond acceptors (Lipinski definition) is 5. The molecular formula is C18H20FN5OS. The molecule has 1 aromatic carbocycles. The number of nitrogens with zero attached hydrogens (tertiary/aromatic N) is 5. The highest BCUT2D eigenvalue weighted by molar-refractivity contribution is 7.71. The average molecular weight is 373 g/mol. The van der Waals surface area contributed by atoms with E-state index in [1.165, 1.54) is 6.07 Å². The van der Waals surface area contributed by atoms with E-state index in [2.05, 4.69) is 14.9 Å². The first kappa shape index (κ1) is 17.0. The number of hydrogen-bond donors (Lipinski definition) is 0. The third-order valence-corrected chi connectivity index (χ3v) is 5.17. The Kier molecular flexibility index (Phi) is 4.60. The Morgan fingerprint density at radius 3 is 2.58 bits per heavy atom. The van der Waals surface area contributed by atoms with Crippen molar-refractivity contribution >= 4 is 17.9 Å². The Bertz CT molecular complexity index is 941. The molecule has 0 amide bonds. The van der Waals surface area contributed by atoms with Crippen molar-refractivity contribution in [3.05, 3.63) is 53.2 Å². The summed E-state index contributed by atoms with van der Waals surface area (Å²) >= 11 is 5.51. The topological polar surface area (TPSA) is 42.4 Å². The second kappa shape index (κ2) is 7.05. The van der Waals surface area contributed by atoms with Gasteiger partial charge < -0.3 is 13.9 Å². The van der Waals surface area contributed by atoms with Gasteiger partial charge in [0.1, 0.15) is 5.82 Å². The van der Waals surface area contributed by atoms with E-state index >= 15 is 0 Å². The number of anilines is 1. The standard InChI is InChI=1S/C18H20FN5OS/c1-21-17(16-7-4-12-25-16)20-24(18(21)26)13-22-8-10-23(11-9-22)15-6-3-2-5-14(15)19/h2-7,12H,8-11,13H2,1H3. The monoisotopic (exact) mass is 373 g/mol. The Morgan fingerprint density at radius 2 is 1.88 bits per heavy atom. The Morgan fingerprint density at radius 1 is 1.12 bits per heavy atom. The predicted octanol–water partition coefficient (Wildman–Crippen LogP) is 3.13. The van der Waals surface area contributed by atoms with Crippen molar-refractivity contribution in [2.75, 3.05) is 31.1 Å². The van der Waals surface area contributed by atoms with Gasteiger partial charge in [-0.15, -0.1) is 5.10 Å². The third kappa shape index (κ3) is 3.17. The van der Waals surface area contributed by atoms with Crippen LogP contribution in [0.2, 0.25) is 0 Å². The number of aromatic nitrogens is 3. The Hall–Kier alpha value is -2.45. The molecule has 26 heavy (non-hydrogen) atoms. The molecule has 0 N–H and O–H groups in total. The van der Waals surface area contributed by atoms with Crippen LogP contribution in [0, 0.1) is 10.6 Å². The van der Waals surface area contributed by atoms with E-state index in [0.29, 0.717) is 28.7 Å². The van der Waals surface area contributed by atoms with Gasteiger partial charge in [0.25, 0.3) is 0 Å². The molecule has 0 atom stereocenters. The van der Waals surface area contributed by atoms with Crippen LogP contribution in [0.15, 0.2) is 47.1 Å². The van der Waals surface area contributed by atoms with Crippen LogP contribution in [-0.2, 0) is 13.7 Å². The molecule has 1 saturated heterocycles.